The third kappa shape index (κ3) is 6.31. The van der Waals surface area contributed by atoms with Crippen molar-refractivity contribution in [3.8, 4) is 0 Å². The van der Waals surface area contributed by atoms with E-state index in [9.17, 15) is 8.78 Å². The van der Waals surface area contributed by atoms with Gasteiger partial charge >= 0.3 is 0 Å². The van der Waals surface area contributed by atoms with Crippen LogP contribution in [0.5, 0.6) is 0 Å². The molecule has 0 aromatic heterocycles. The Balaban J connectivity index is 1.36. The molecule has 3 rings (SSSR count). The van der Waals surface area contributed by atoms with Crippen LogP contribution < -0.4 is 0 Å². The zero-order chi connectivity index (χ0) is 19.1. The van der Waals surface area contributed by atoms with Crippen LogP contribution in [0.4, 0.5) is 8.78 Å². The fourth-order valence-electron chi connectivity index (χ4n) is 5.17. The van der Waals surface area contributed by atoms with Gasteiger partial charge in [-0.2, -0.15) is 0 Å². The molecule has 3 heteroatoms. The number of allylic oxidation sites excluding steroid dienone is 2. The Labute approximate surface area is 168 Å². The molecule has 0 amide bonds. The first kappa shape index (κ1) is 20.8. The summed E-state index contributed by atoms with van der Waals surface area (Å²) in [5, 5.41) is 0.215. The summed E-state index contributed by atoms with van der Waals surface area (Å²) in [6.45, 7) is -0.234. The molecular formula is C24H33ClF2. The van der Waals surface area contributed by atoms with Gasteiger partial charge in [-0.05, 0) is 99.2 Å². The molecule has 0 aliphatic heterocycles. The molecule has 2 aliphatic carbocycles. The third-order valence-electron chi connectivity index (χ3n) is 6.88. The summed E-state index contributed by atoms with van der Waals surface area (Å²) >= 11 is 5.77. The maximum absolute atomic E-state index is 13.6. The second-order valence-corrected chi connectivity index (χ2v) is 9.06. The lowest BCUT2D eigenvalue weighted by Crippen LogP contribution is -2.25. The van der Waals surface area contributed by atoms with Crippen molar-refractivity contribution in [2.45, 2.75) is 70.6 Å². The molecule has 0 bridgehead atoms. The SMILES string of the molecule is FCCC=CC1CCC(C2CCC(CCc3ccc(Cl)c(F)c3)CC2)CC1. The average Bonchev–Trinajstić information content (AvgIpc) is 2.70. The second-order valence-electron chi connectivity index (χ2n) is 8.65. The van der Waals surface area contributed by atoms with Crippen molar-refractivity contribution in [2.24, 2.45) is 23.7 Å². The van der Waals surface area contributed by atoms with E-state index in [0.717, 1.165) is 29.7 Å². The molecule has 150 valence electrons. The molecule has 0 heterocycles. The number of halogens is 3. The van der Waals surface area contributed by atoms with Crippen LogP contribution in [0.25, 0.3) is 0 Å². The van der Waals surface area contributed by atoms with Crippen LogP contribution in [0.3, 0.4) is 0 Å². The lowest BCUT2D eigenvalue weighted by atomic mass is 9.68. The van der Waals surface area contributed by atoms with Gasteiger partial charge in [0.15, 0.2) is 0 Å². The molecule has 0 N–H and O–H groups in total. The van der Waals surface area contributed by atoms with Crippen LogP contribution in [0, 0.1) is 29.5 Å². The molecule has 2 saturated carbocycles. The number of alkyl halides is 1. The molecule has 0 radical (unpaired) electrons. The summed E-state index contributed by atoms with van der Waals surface area (Å²) < 4.78 is 25.8. The van der Waals surface area contributed by atoms with E-state index in [1.165, 1.54) is 57.8 Å². The monoisotopic (exact) mass is 394 g/mol. The van der Waals surface area contributed by atoms with Crippen molar-refractivity contribution in [1.29, 1.82) is 0 Å². The minimum atomic E-state index is -0.298. The van der Waals surface area contributed by atoms with Crippen LogP contribution in [0.15, 0.2) is 30.4 Å². The predicted octanol–water partition coefficient (Wildman–Crippen LogP) is 7.94. The van der Waals surface area contributed by atoms with Gasteiger partial charge < -0.3 is 0 Å². The highest BCUT2D eigenvalue weighted by Crippen LogP contribution is 2.42. The molecule has 0 unspecified atom stereocenters. The van der Waals surface area contributed by atoms with Gasteiger partial charge in [-0.1, -0.05) is 42.7 Å². The Hall–Kier alpha value is -0.890. The first-order valence-corrected chi connectivity index (χ1v) is 11.2. The molecule has 2 fully saturated rings. The van der Waals surface area contributed by atoms with E-state index in [1.54, 1.807) is 12.1 Å². The summed E-state index contributed by atoms with van der Waals surface area (Å²) in [7, 11) is 0. The summed E-state index contributed by atoms with van der Waals surface area (Å²) in [6, 6.07) is 5.22. The fourth-order valence-corrected chi connectivity index (χ4v) is 5.29. The Morgan fingerprint density at radius 1 is 0.963 bits per heavy atom. The van der Waals surface area contributed by atoms with Crippen molar-refractivity contribution in [3.05, 3.63) is 46.8 Å². The van der Waals surface area contributed by atoms with Crippen molar-refractivity contribution in [2.75, 3.05) is 6.67 Å². The molecule has 0 spiro atoms. The Morgan fingerprint density at radius 3 is 2.26 bits per heavy atom. The molecule has 2 aliphatic rings. The molecular weight excluding hydrogens is 362 g/mol. The van der Waals surface area contributed by atoms with Crippen LogP contribution in [0.2, 0.25) is 5.02 Å². The first-order valence-electron chi connectivity index (χ1n) is 10.8. The quantitative estimate of drug-likeness (QED) is 0.411. The highest BCUT2D eigenvalue weighted by atomic mass is 35.5. The summed E-state index contributed by atoms with van der Waals surface area (Å²) in [6.07, 6.45) is 17.7. The highest BCUT2D eigenvalue weighted by Gasteiger charge is 2.30. The lowest BCUT2D eigenvalue weighted by molar-refractivity contribution is 0.152. The smallest absolute Gasteiger partial charge is 0.142 e. The fraction of sp³-hybridized carbons (Fsp3) is 0.667. The van der Waals surface area contributed by atoms with Crippen molar-refractivity contribution in [3.63, 3.8) is 0 Å². The number of rotatable bonds is 7. The van der Waals surface area contributed by atoms with Gasteiger partial charge in [0.25, 0.3) is 0 Å². The highest BCUT2D eigenvalue weighted by molar-refractivity contribution is 6.30. The van der Waals surface area contributed by atoms with Crippen LogP contribution >= 0.6 is 11.6 Å². The normalized spacial score (nSPS) is 29.3. The standard InChI is InChI=1S/C24H33ClF2/c25-23-15-10-20(17-24(23)27)5-4-19-8-13-22(14-9-19)21-11-6-18(7-12-21)3-1-2-16-26/h1,3,10,15,17-19,21-22H,2,4-9,11-14,16H2. The van der Waals surface area contributed by atoms with Gasteiger partial charge in [0.1, 0.15) is 5.82 Å². The average molecular weight is 395 g/mol. The Kier molecular flexibility index (Phi) is 8.18. The van der Waals surface area contributed by atoms with Gasteiger partial charge in [0.2, 0.25) is 0 Å². The number of benzene rings is 1. The van der Waals surface area contributed by atoms with Gasteiger partial charge in [0, 0.05) is 0 Å². The maximum Gasteiger partial charge on any atom is 0.142 e. The van der Waals surface area contributed by atoms with E-state index >= 15 is 0 Å². The Bertz CT molecular complexity index is 596. The van der Waals surface area contributed by atoms with Crippen molar-refractivity contribution in [1.82, 2.24) is 0 Å². The number of aryl methyl sites for hydroxylation is 1. The number of hydrogen-bond acceptors (Lipinski definition) is 0. The Morgan fingerprint density at radius 2 is 1.63 bits per heavy atom. The predicted molar refractivity (Wildman–Crippen MR) is 110 cm³/mol. The van der Waals surface area contributed by atoms with Gasteiger partial charge in [0.05, 0.1) is 11.7 Å². The second kappa shape index (κ2) is 10.6. The summed E-state index contributed by atoms with van der Waals surface area (Å²) in [5.41, 5.74) is 1.07. The molecule has 27 heavy (non-hydrogen) atoms. The minimum absolute atomic E-state index is 0.215. The van der Waals surface area contributed by atoms with Crippen LogP contribution in [-0.2, 0) is 6.42 Å². The van der Waals surface area contributed by atoms with E-state index in [0.29, 0.717) is 12.3 Å². The molecule has 0 atom stereocenters. The molecule has 0 saturated heterocycles. The minimum Gasteiger partial charge on any atom is -0.251 e. The number of hydrogen-bond donors (Lipinski definition) is 0. The van der Waals surface area contributed by atoms with E-state index in [1.807, 2.05) is 12.1 Å². The van der Waals surface area contributed by atoms with Crippen LogP contribution in [-0.4, -0.2) is 6.67 Å². The molecule has 0 nitrogen and oxygen atoms in total. The van der Waals surface area contributed by atoms with E-state index in [-0.39, 0.29) is 17.5 Å². The zero-order valence-corrected chi connectivity index (χ0v) is 17.1. The third-order valence-corrected chi connectivity index (χ3v) is 7.19. The first-order chi connectivity index (χ1) is 13.2. The van der Waals surface area contributed by atoms with Gasteiger partial charge in [-0.25, -0.2) is 4.39 Å². The molecule has 1 aromatic carbocycles. The largest absolute Gasteiger partial charge is 0.251 e. The lowest BCUT2D eigenvalue weighted by Gasteiger charge is -2.37. The van der Waals surface area contributed by atoms with E-state index in [4.69, 9.17) is 11.6 Å². The zero-order valence-electron chi connectivity index (χ0n) is 16.3. The molecule has 1 aromatic rings. The summed E-state index contributed by atoms with van der Waals surface area (Å²) in [4.78, 5) is 0. The summed E-state index contributed by atoms with van der Waals surface area (Å²) in [5.74, 6) is 2.99. The van der Waals surface area contributed by atoms with E-state index < -0.39 is 0 Å². The van der Waals surface area contributed by atoms with Gasteiger partial charge in [-0.15, -0.1) is 0 Å². The van der Waals surface area contributed by atoms with Crippen molar-refractivity contribution >= 4 is 11.6 Å². The maximum atomic E-state index is 13.6. The van der Waals surface area contributed by atoms with E-state index in [2.05, 4.69) is 6.08 Å². The van der Waals surface area contributed by atoms with Crippen LogP contribution in [0.1, 0.15) is 69.8 Å². The van der Waals surface area contributed by atoms with Gasteiger partial charge in [-0.3, -0.25) is 4.39 Å². The topological polar surface area (TPSA) is 0 Å². The van der Waals surface area contributed by atoms with Crippen molar-refractivity contribution < 1.29 is 8.78 Å².